The summed E-state index contributed by atoms with van der Waals surface area (Å²) < 4.78 is 4.94. The molecule has 0 aliphatic heterocycles. The fourth-order valence-electron chi connectivity index (χ4n) is 1.43. The van der Waals surface area contributed by atoms with E-state index < -0.39 is 6.10 Å². The van der Waals surface area contributed by atoms with Gasteiger partial charge in [-0.1, -0.05) is 23.7 Å². The third-order valence-corrected chi connectivity index (χ3v) is 2.52. The van der Waals surface area contributed by atoms with Crippen LogP contribution in [-0.4, -0.2) is 5.11 Å². The lowest BCUT2D eigenvalue weighted by Gasteiger charge is -2.09. The molecule has 0 aliphatic carbocycles. The van der Waals surface area contributed by atoms with Gasteiger partial charge in [-0.15, -0.1) is 0 Å². The van der Waals surface area contributed by atoms with Gasteiger partial charge in [-0.05, 0) is 29.3 Å². The van der Waals surface area contributed by atoms with Crippen molar-refractivity contribution in [2.45, 2.75) is 12.5 Å². The van der Waals surface area contributed by atoms with E-state index in [9.17, 15) is 5.11 Å². The highest BCUT2D eigenvalue weighted by molar-refractivity contribution is 6.30. The molecule has 0 bridgehead atoms. The molecule has 2 aromatic rings. The molecule has 0 spiro atoms. The normalized spacial score (nSPS) is 12.7. The zero-order chi connectivity index (χ0) is 10.7. The van der Waals surface area contributed by atoms with Crippen molar-refractivity contribution in [1.29, 1.82) is 0 Å². The molecule has 1 aromatic carbocycles. The minimum Gasteiger partial charge on any atom is -0.472 e. The van der Waals surface area contributed by atoms with Gasteiger partial charge in [0.1, 0.15) is 0 Å². The molecule has 0 aliphatic rings. The topological polar surface area (TPSA) is 33.4 Å². The van der Waals surface area contributed by atoms with Gasteiger partial charge < -0.3 is 9.52 Å². The van der Waals surface area contributed by atoms with Gasteiger partial charge in [0.05, 0.1) is 18.6 Å². The van der Waals surface area contributed by atoms with Crippen LogP contribution in [0.3, 0.4) is 0 Å². The number of hydrogen-bond donors (Lipinski definition) is 1. The Kier molecular flexibility index (Phi) is 3.09. The maximum Gasteiger partial charge on any atom is 0.0935 e. The summed E-state index contributed by atoms with van der Waals surface area (Å²) in [5.41, 5.74) is 1.85. The molecule has 78 valence electrons. The molecule has 0 saturated carbocycles. The first-order chi connectivity index (χ1) is 7.25. The highest BCUT2D eigenvalue weighted by Gasteiger charge is 2.08. The Morgan fingerprint density at radius 1 is 1.20 bits per heavy atom. The summed E-state index contributed by atoms with van der Waals surface area (Å²) in [5, 5.41) is 10.6. The van der Waals surface area contributed by atoms with Crippen LogP contribution in [0.15, 0.2) is 47.3 Å². The van der Waals surface area contributed by atoms with Crippen LogP contribution in [0.2, 0.25) is 5.02 Å². The quantitative estimate of drug-likeness (QED) is 0.865. The summed E-state index contributed by atoms with van der Waals surface area (Å²) >= 11 is 5.76. The smallest absolute Gasteiger partial charge is 0.0935 e. The summed E-state index contributed by atoms with van der Waals surface area (Å²) in [6, 6.07) is 9.05. The first-order valence-corrected chi connectivity index (χ1v) is 5.08. The fraction of sp³-hybridized carbons (Fsp3) is 0.167. The second-order valence-electron chi connectivity index (χ2n) is 3.40. The molecular weight excluding hydrogens is 212 g/mol. The van der Waals surface area contributed by atoms with E-state index in [1.807, 2.05) is 18.2 Å². The van der Waals surface area contributed by atoms with Crippen LogP contribution in [0.25, 0.3) is 0 Å². The van der Waals surface area contributed by atoms with Crippen LogP contribution in [0.4, 0.5) is 0 Å². The van der Waals surface area contributed by atoms with Crippen molar-refractivity contribution in [3.8, 4) is 0 Å². The molecule has 1 unspecified atom stereocenters. The highest BCUT2D eigenvalue weighted by Crippen LogP contribution is 2.20. The average molecular weight is 223 g/mol. The molecule has 0 radical (unpaired) electrons. The van der Waals surface area contributed by atoms with Crippen LogP contribution >= 0.6 is 11.6 Å². The zero-order valence-corrected chi connectivity index (χ0v) is 8.82. The average Bonchev–Trinajstić information content (AvgIpc) is 2.71. The molecule has 3 heteroatoms. The molecule has 2 rings (SSSR count). The van der Waals surface area contributed by atoms with Gasteiger partial charge in [0.15, 0.2) is 0 Å². The second-order valence-corrected chi connectivity index (χ2v) is 3.84. The van der Waals surface area contributed by atoms with E-state index in [-0.39, 0.29) is 0 Å². The summed E-state index contributed by atoms with van der Waals surface area (Å²) in [6.45, 7) is 0. The minimum absolute atomic E-state index is 0.514. The second kappa shape index (κ2) is 4.51. The van der Waals surface area contributed by atoms with Gasteiger partial charge in [-0.25, -0.2) is 0 Å². The molecule has 0 amide bonds. The third kappa shape index (κ3) is 2.61. The van der Waals surface area contributed by atoms with E-state index in [0.29, 0.717) is 11.4 Å². The van der Waals surface area contributed by atoms with Crippen molar-refractivity contribution in [3.05, 3.63) is 59.0 Å². The van der Waals surface area contributed by atoms with Crippen LogP contribution in [0.1, 0.15) is 17.2 Å². The minimum atomic E-state index is -0.514. The Hall–Kier alpha value is -1.25. The summed E-state index contributed by atoms with van der Waals surface area (Å²) in [7, 11) is 0. The summed E-state index contributed by atoms with van der Waals surface area (Å²) in [4.78, 5) is 0. The maximum absolute atomic E-state index is 9.90. The van der Waals surface area contributed by atoms with Crippen LogP contribution in [0, 0.1) is 0 Å². The number of aliphatic hydroxyl groups excluding tert-OH is 1. The SMILES string of the molecule is OC(Cc1ccoc1)c1ccc(Cl)cc1. The Balaban J connectivity index is 2.08. The van der Waals surface area contributed by atoms with Crippen LogP contribution in [-0.2, 0) is 6.42 Å². The van der Waals surface area contributed by atoms with Gasteiger partial charge in [0, 0.05) is 11.4 Å². The van der Waals surface area contributed by atoms with Crippen molar-refractivity contribution in [1.82, 2.24) is 0 Å². The first-order valence-electron chi connectivity index (χ1n) is 4.70. The van der Waals surface area contributed by atoms with Crippen LogP contribution < -0.4 is 0 Å². The van der Waals surface area contributed by atoms with Gasteiger partial charge >= 0.3 is 0 Å². The van der Waals surface area contributed by atoms with E-state index >= 15 is 0 Å². The summed E-state index contributed by atoms with van der Waals surface area (Å²) in [5.74, 6) is 0. The molecule has 1 N–H and O–H groups in total. The number of halogens is 1. The lowest BCUT2D eigenvalue weighted by Crippen LogP contribution is -2.00. The number of rotatable bonds is 3. The Labute approximate surface area is 93.1 Å². The summed E-state index contributed by atoms with van der Waals surface area (Å²) in [6.07, 6.45) is 3.28. The molecular formula is C12H11ClO2. The van der Waals surface area contributed by atoms with Gasteiger partial charge in [0.2, 0.25) is 0 Å². The highest BCUT2D eigenvalue weighted by atomic mass is 35.5. The number of benzene rings is 1. The van der Waals surface area contributed by atoms with Gasteiger partial charge in [0.25, 0.3) is 0 Å². The van der Waals surface area contributed by atoms with Crippen molar-refractivity contribution in [2.24, 2.45) is 0 Å². The Morgan fingerprint density at radius 2 is 1.93 bits per heavy atom. The van der Waals surface area contributed by atoms with Gasteiger partial charge in [-0.3, -0.25) is 0 Å². The fourth-order valence-corrected chi connectivity index (χ4v) is 1.56. The lowest BCUT2D eigenvalue weighted by atomic mass is 10.0. The van der Waals surface area contributed by atoms with Crippen molar-refractivity contribution in [3.63, 3.8) is 0 Å². The van der Waals surface area contributed by atoms with E-state index in [0.717, 1.165) is 11.1 Å². The van der Waals surface area contributed by atoms with E-state index in [2.05, 4.69) is 0 Å². The molecule has 15 heavy (non-hydrogen) atoms. The molecule has 2 nitrogen and oxygen atoms in total. The monoisotopic (exact) mass is 222 g/mol. The van der Waals surface area contributed by atoms with E-state index in [1.165, 1.54) is 0 Å². The zero-order valence-electron chi connectivity index (χ0n) is 8.06. The molecule has 0 fully saturated rings. The molecule has 1 aromatic heterocycles. The van der Waals surface area contributed by atoms with Crippen molar-refractivity contribution in [2.75, 3.05) is 0 Å². The van der Waals surface area contributed by atoms with E-state index in [1.54, 1.807) is 24.7 Å². The van der Waals surface area contributed by atoms with Crippen LogP contribution in [0.5, 0.6) is 0 Å². The predicted octanol–water partition coefficient (Wildman–Crippen LogP) is 3.21. The largest absolute Gasteiger partial charge is 0.472 e. The third-order valence-electron chi connectivity index (χ3n) is 2.26. The maximum atomic E-state index is 9.90. The van der Waals surface area contributed by atoms with E-state index in [4.69, 9.17) is 16.0 Å². The molecule has 1 atom stereocenters. The van der Waals surface area contributed by atoms with Gasteiger partial charge in [-0.2, -0.15) is 0 Å². The molecule has 0 saturated heterocycles. The standard InChI is InChI=1S/C12H11ClO2/c13-11-3-1-10(2-4-11)12(14)7-9-5-6-15-8-9/h1-6,8,12,14H,7H2. The Morgan fingerprint density at radius 3 is 2.53 bits per heavy atom. The first kappa shape index (κ1) is 10.3. The molecule has 1 heterocycles. The lowest BCUT2D eigenvalue weighted by molar-refractivity contribution is 0.178. The Bertz CT molecular complexity index is 406. The predicted molar refractivity (Wildman–Crippen MR) is 58.8 cm³/mol. The number of hydrogen-bond acceptors (Lipinski definition) is 2. The van der Waals surface area contributed by atoms with Crippen molar-refractivity contribution < 1.29 is 9.52 Å². The number of aliphatic hydroxyl groups is 1. The van der Waals surface area contributed by atoms with Crippen molar-refractivity contribution >= 4 is 11.6 Å². The number of furan rings is 1.